The lowest BCUT2D eigenvalue weighted by molar-refractivity contribution is -0.134. The summed E-state index contributed by atoms with van der Waals surface area (Å²) in [6, 6.07) is 4.06. The van der Waals surface area contributed by atoms with Gasteiger partial charge in [0.2, 0.25) is 5.91 Å². The third kappa shape index (κ3) is 4.02. The topological polar surface area (TPSA) is 76.4 Å². The number of carbonyl (C=O) groups is 1. The van der Waals surface area contributed by atoms with Crippen molar-refractivity contribution < 1.29 is 9.53 Å². The van der Waals surface area contributed by atoms with Crippen LogP contribution in [0.5, 0.6) is 0 Å². The number of rotatable bonds is 6. The molecule has 0 bridgehead atoms. The van der Waals surface area contributed by atoms with Crippen molar-refractivity contribution in [2.24, 2.45) is 0 Å². The van der Waals surface area contributed by atoms with Gasteiger partial charge in [0, 0.05) is 32.6 Å². The maximum atomic E-state index is 12.7. The van der Waals surface area contributed by atoms with Gasteiger partial charge in [-0.3, -0.25) is 14.7 Å². The molecule has 1 aliphatic rings. The minimum absolute atomic E-state index is 0.103. The first-order valence-corrected chi connectivity index (χ1v) is 8.35. The maximum absolute atomic E-state index is 12.7. The molecule has 0 fully saturated rings. The number of carbonyl (C=O) groups excluding carboxylic acids is 1. The standard InChI is InChI=1S/C17H24N6O2/c1-13-8-22(10-15-19-20-16(12-25-3)23(13)15)17(24)11-21(2)9-14-4-6-18-7-5-14/h4-7,13H,8-12H2,1-3H3/t13-/m0/s1. The number of hydrogen-bond donors (Lipinski definition) is 0. The molecule has 8 nitrogen and oxygen atoms in total. The van der Waals surface area contributed by atoms with Gasteiger partial charge < -0.3 is 14.2 Å². The van der Waals surface area contributed by atoms with Gasteiger partial charge in [-0.05, 0) is 31.7 Å². The predicted octanol–water partition coefficient (Wildman–Crippen LogP) is 0.855. The summed E-state index contributed by atoms with van der Waals surface area (Å²) in [7, 11) is 3.59. The predicted molar refractivity (Wildman–Crippen MR) is 91.4 cm³/mol. The van der Waals surface area contributed by atoms with Gasteiger partial charge in [0.15, 0.2) is 11.6 Å². The van der Waals surface area contributed by atoms with Crippen LogP contribution in [0, 0.1) is 0 Å². The molecular weight excluding hydrogens is 320 g/mol. The Hall–Kier alpha value is -2.32. The van der Waals surface area contributed by atoms with Gasteiger partial charge in [0.25, 0.3) is 0 Å². The van der Waals surface area contributed by atoms with Crippen molar-refractivity contribution in [1.82, 2.24) is 29.5 Å². The first-order chi connectivity index (χ1) is 12.1. The van der Waals surface area contributed by atoms with Crippen LogP contribution in [0.15, 0.2) is 24.5 Å². The fourth-order valence-electron chi connectivity index (χ4n) is 3.22. The molecule has 3 rings (SSSR count). The second-order valence-electron chi connectivity index (χ2n) is 6.49. The van der Waals surface area contributed by atoms with Gasteiger partial charge in [0.1, 0.15) is 6.61 Å². The molecule has 0 unspecified atom stereocenters. The van der Waals surface area contributed by atoms with E-state index in [4.69, 9.17) is 4.74 Å². The first-order valence-electron chi connectivity index (χ1n) is 8.35. The van der Waals surface area contributed by atoms with E-state index in [1.54, 1.807) is 19.5 Å². The zero-order valence-corrected chi connectivity index (χ0v) is 14.9. The number of pyridine rings is 1. The van der Waals surface area contributed by atoms with Gasteiger partial charge in [-0.1, -0.05) is 0 Å². The molecule has 8 heteroatoms. The van der Waals surface area contributed by atoms with Crippen LogP contribution in [-0.2, 0) is 29.2 Å². The Morgan fingerprint density at radius 3 is 2.84 bits per heavy atom. The monoisotopic (exact) mass is 344 g/mol. The number of ether oxygens (including phenoxy) is 1. The molecule has 3 heterocycles. The highest BCUT2D eigenvalue weighted by atomic mass is 16.5. The highest BCUT2D eigenvalue weighted by molar-refractivity contribution is 5.78. The Bertz CT molecular complexity index is 717. The van der Waals surface area contributed by atoms with Crippen LogP contribution in [-0.4, -0.2) is 62.7 Å². The Labute approximate surface area is 147 Å². The number of hydrogen-bond acceptors (Lipinski definition) is 6. The summed E-state index contributed by atoms with van der Waals surface area (Å²) in [4.78, 5) is 20.6. The lowest BCUT2D eigenvalue weighted by Gasteiger charge is -2.33. The van der Waals surface area contributed by atoms with E-state index in [9.17, 15) is 4.79 Å². The summed E-state index contributed by atoms with van der Waals surface area (Å²) in [5, 5.41) is 8.41. The molecule has 2 aromatic heterocycles. The van der Waals surface area contributed by atoms with Crippen molar-refractivity contribution in [3.8, 4) is 0 Å². The number of methoxy groups -OCH3 is 1. The smallest absolute Gasteiger partial charge is 0.237 e. The summed E-state index contributed by atoms with van der Waals surface area (Å²) in [6.07, 6.45) is 3.53. The molecule has 1 aliphatic heterocycles. The van der Waals surface area contributed by atoms with Crippen LogP contribution >= 0.6 is 0 Å². The van der Waals surface area contributed by atoms with Crippen LogP contribution in [0.2, 0.25) is 0 Å². The molecule has 0 N–H and O–H groups in total. The first kappa shape index (κ1) is 17.5. The van der Waals surface area contributed by atoms with Crippen LogP contribution < -0.4 is 0 Å². The fraction of sp³-hybridized carbons (Fsp3) is 0.529. The zero-order valence-electron chi connectivity index (χ0n) is 14.9. The van der Waals surface area contributed by atoms with Gasteiger partial charge in [-0.2, -0.15) is 0 Å². The number of aromatic nitrogens is 4. The molecule has 1 amide bonds. The van der Waals surface area contributed by atoms with Crippen molar-refractivity contribution in [2.75, 3.05) is 27.2 Å². The second-order valence-corrected chi connectivity index (χ2v) is 6.49. The van der Waals surface area contributed by atoms with Crippen molar-refractivity contribution in [3.05, 3.63) is 41.7 Å². The van der Waals surface area contributed by atoms with Crippen LogP contribution in [0.1, 0.15) is 30.2 Å². The Balaban J connectivity index is 1.61. The maximum Gasteiger partial charge on any atom is 0.237 e. The van der Waals surface area contributed by atoms with E-state index in [1.807, 2.05) is 29.0 Å². The van der Waals surface area contributed by atoms with Gasteiger partial charge >= 0.3 is 0 Å². The molecule has 0 saturated carbocycles. The third-order valence-electron chi connectivity index (χ3n) is 4.33. The number of likely N-dealkylation sites (N-methyl/N-ethyl adjacent to an activating group) is 1. The average molecular weight is 344 g/mol. The number of amides is 1. The second kappa shape index (κ2) is 7.71. The van der Waals surface area contributed by atoms with E-state index in [2.05, 4.69) is 26.7 Å². The molecule has 2 aromatic rings. The quantitative estimate of drug-likeness (QED) is 0.773. The highest BCUT2D eigenvalue weighted by Gasteiger charge is 2.29. The molecule has 0 saturated heterocycles. The van der Waals surface area contributed by atoms with Crippen LogP contribution in [0.4, 0.5) is 0 Å². The van der Waals surface area contributed by atoms with E-state index in [-0.39, 0.29) is 11.9 Å². The average Bonchev–Trinajstić information content (AvgIpc) is 2.99. The van der Waals surface area contributed by atoms with Crippen molar-refractivity contribution in [2.45, 2.75) is 32.7 Å². The summed E-state index contributed by atoms with van der Waals surface area (Å²) in [5.41, 5.74) is 1.14. The lowest BCUT2D eigenvalue weighted by Crippen LogP contribution is -2.44. The highest BCUT2D eigenvalue weighted by Crippen LogP contribution is 2.22. The Morgan fingerprint density at radius 1 is 1.36 bits per heavy atom. The van der Waals surface area contributed by atoms with E-state index >= 15 is 0 Å². The minimum Gasteiger partial charge on any atom is -0.377 e. The van der Waals surface area contributed by atoms with E-state index < -0.39 is 0 Å². The van der Waals surface area contributed by atoms with Crippen molar-refractivity contribution in [1.29, 1.82) is 0 Å². The Morgan fingerprint density at radius 2 is 2.12 bits per heavy atom. The summed E-state index contributed by atoms with van der Waals surface area (Å²) in [6.45, 7) is 4.73. The van der Waals surface area contributed by atoms with E-state index in [0.717, 1.165) is 17.2 Å². The molecule has 1 atom stereocenters. The van der Waals surface area contributed by atoms with Crippen LogP contribution in [0.25, 0.3) is 0 Å². The molecule has 0 aromatic carbocycles. The van der Waals surface area contributed by atoms with Crippen LogP contribution in [0.3, 0.4) is 0 Å². The number of nitrogens with zero attached hydrogens (tertiary/aromatic N) is 6. The fourth-order valence-corrected chi connectivity index (χ4v) is 3.22. The summed E-state index contributed by atoms with van der Waals surface area (Å²) in [5.74, 6) is 1.73. The third-order valence-corrected chi connectivity index (χ3v) is 4.33. The molecule has 0 radical (unpaired) electrons. The van der Waals surface area contributed by atoms with Gasteiger partial charge in [0.05, 0.1) is 19.1 Å². The SMILES string of the molecule is COCc1nnc2n1[C@@H](C)CN(C(=O)CN(C)Cc1ccncc1)C2. The number of fused-ring (bicyclic) bond motifs is 1. The molecule has 0 aliphatic carbocycles. The van der Waals surface area contributed by atoms with Crippen molar-refractivity contribution >= 4 is 5.91 Å². The molecule has 25 heavy (non-hydrogen) atoms. The summed E-state index contributed by atoms with van der Waals surface area (Å²) < 4.78 is 7.25. The molecule has 0 spiro atoms. The van der Waals surface area contributed by atoms with E-state index in [1.165, 1.54) is 0 Å². The Kier molecular flexibility index (Phi) is 5.40. The van der Waals surface area contributed by atoms with Gasteiger partial charge in [-0.15, -0.1) is 10.2 Å². The largest absolute Gasteiger partial charge is 0.377 e. The summed E-state index contributed by atoms with van der Waals surface area (Å²) >= 11 is 0. The van der Waals surface area contributed by atoms with Gasteiger partial charge in [-0.25, -0.2) is 0 Å². The zero-order chi connectivity index (χ0) is 17.8. The van der Waals surface area contributed by atoms with E-state index in [0.29, 0.717) is 32.8 Å². The molecule has 134 valence electrons. The lowest BCUT2D eigenvalue weighted by atomic mass is 10.2. The molecular formula is C17H24N6O2. The van der Waals surface area contributed by atoms with Crippen molar-refractivity contribution in [3.63, 3.8) is 0 Å². The minimum atomic E-state index is 0.103. The normalized spacial score (nSPS) is 17.0.